The molecule has 0 fully saturated rings. The molecule has 0 saturated carbocycles. The van der Waals surface area contributed by atoms with Gasteiger partial charge in [-0.05, 0) is 24.3 Å². The molecule has 0 atom stereocenters. The second-order valence-electron chi connectivity index (χ2n) is 5.88. The first-order valence-corrected chi connectivity index (χ1v) is 9.08. The van der Waals surface area contributed by atoms with E-state index in [1.807, 2.05) is 24.3 Å². The van der Waals surface area contributed by atoms with Crippen LogP contribution in [0.25, 0.3) is 22.3 Å². The van der Waals surface area contributed by atoms with Crippen molar-refractivity contribution in [1.29, 1.82) is 0 Å². The minimum atomic E-state index is -0.610. The summed E-state index contributed by atoms with van der Waals surface area (Å²) in [6.07, 6.45) is 1.32. The highest BCUT2D eigenvalue weighted by Crippen LogP contribution is 2.20. The summed E-state index contributed by atoms with van der Waals surface area (Å²) in [5, 5.41) is 4.31. The topological polar surface area (TPSA) is 100 Å². The summed E-state index contributed by atoms with van der Waals surface area (Å²) in [4.78, 5) is 32.9. The third kappa shape index (κ3) is 3.84. The predicted molar refractivity (Wildman–Crippen MR) is 103 cm³/mol. The van der Waals surface area contributed by atoms with E-state index >= 15 is 0 Å². The van der Waals surface area contributed by atoms with E-state index < -0.39 is 5.97 Å². The zero-order valence-corrected chi connectivity index (χ0v) is 16.0. The number of halogens is 1. The summed E-state index contributed by atoms with van der Waals surface area (Å²) in [7, 11) is 0. The monoisotopic (exact) mass is 440 g/mol. The Bertz CT molecular complexity index is 1220. The number of carbonyl (C=O) groups is 1. The molecule has 0 saturated heterocycles. The number of fused-ring (bicyclic) bond motifs is 1. The molecule has 0 spiro atoms. The van der Waals surface area contributed by atoms with Gasteiger partial charge in [-0.25, -0.2) is 4.98 Å². The molecular weight excluding hydrogens is 428 g/mol. The van der Waals surface area contributed by atoms with E-state index in [2.05, 4.69) is 31.1 Å². The van der Waals surface area contributed by atoms with E-state index in [1.165, 1.54) is 10.9 Å². The van der Waals surface area contributed by atoms with Crippen LogP contribution in [0.3, 0.4) is 0 Å². The highest BCUT2D eigenvalue weighted by Gasteiger charge is 2.13. The number of aromatic nitrogens is 4. The first-order valence-electron chi connectivity index (χ1n) is 8.28. The van der Waals surface area contributed by atoms with Gasteiger partial charge < -0.3 is 9.26 Å². The van der Waals surface area contributed by atoms with Gasteiger partial charge in [0.2, 0.25) is 5.82 Å². The number of benzene rings is 2. The molecule has 2 aromatic heterocycles. The zero-order valence-electron chi connectivity index (χ0n) is 14.4. The average molecular weight is 441 g/mol. The van der Waals surface area contributed by atoms with Crippen LogP contribution in [-0.2, 0) is 22.7 Å². The Morgan fingerprint density at radius 3 is 2.89 bits per heavy atom. The van der Waals surface area contributed by atoms with Crippen LogP contribution in [-0.4, -0.2) is 25.7 Å². The lowest BCUT2D eigenvalue weighted by atomic mass is 10.2. The summed E-state index contributed by atoms with van der Waals surface area (Å²) in [6.45, 7) is -0.446. The Morgan fingerprint density at radius 2 is 2.04 bits per heavy atom. The van der Waals surface area contributed by atoms with Crippen LogP contribution in [0.15, 0.2) is 68.6 Å². The largest absolute Gasteiger partial charge is 0.454 e. The number of hydrogen-bond donors (Lipinski definition) is 0. The lowest BCUT2D eigenvalue weighted by Crippen LogP contribution is -2.25. The second kappa shape index (κ2) is 7.73. The predicted octanol–water partition coefficient (Wildman–Crippen LogP) is 2.95. The van der Waals surface area contributed by atoms with Gasteiger partial charge in [0.05, 0.1) is 17.2 Å². The third-order valence-corrected chi connectivity index (χ3v) is 4.43. The second-order valence-corrected chi connectivity index (χ2v) is 6.79. The molecule has 9 heteroatoms. The molecule has 28 heavy (non-hydrogen) atoms. The molecule has 2 heterocycles. The van der Waals surface area contributed by atoms with E-state index in [-0.39, 0.29) is 24.6 Å². The molecule has 4 rings (SSSR count). The Labute approximate surface area is 166 Å². The van der Waals surface area contributed by atoms with Crippen LogP contribution in [0.4, 0.5) is 0 Å². The van der Waals surface area contributed by atoms with E-state index in [0.29, 0.717) is 16.7 Å². The fraction of sp³-hybridized carbons (Fsp3) is 0.105. The average Bonchev–Trinajstić information content (AvgIpc) is 3.18. The van der Waals surface area contributed by atoms with Crippen molar-refractivity contribution in [2.45, 2.75) is 13.2 Å². The first kappa shape index (κ1) is 18.1. The van der Waals surface area contributed by atoms with Crippen LogP contribution >= 0.6 is 15.9 Å². The number of ether oxygens (including phenoxy) is 1. The lowest BCUT2D eigenvalue weighted by Gasteiger charge is -2.06. The molecule has 0 amide bonds. The van der Waals surface area contributed by atoms with Crippen molar-refractivity contribution in [3.05, 3.63) is 75.6 Å². The molecule has 0 radical (unpaired) electrons. The maximum absolute atomic E-state index is 12.4. The molecule has 4 aromatic rings. The van der Waals surface area contributed by atoms with Crippen LogP contribution in [0, 0.1) is 0 Å². The standard InChI is InChI=1S/C19H13BrN4O4/c20-13-5-3-4-12(8-13)18-22-16(28-23-18)10-27-17(25)9-24-11-21-15-7-2-1-6-14(15)19(24)26/h1-8,11H,9-10H2. The van der Waals surface area contributed by atoms with E-state index in [9.17, 15) is 9.59 Å². The van der Waals surface area contributed by atoms with Gasteiger partial charge in [0, 0.05) is 10.0 Å². The summed E-state index contributed by atoms with van der Waals surface area (Å²) >= 11 is 3.38. The molecule has 0 aliphatic carbocycles. The highest BCUT2D eigenvalue weighted by atomic mass is 79.9. The summed E-state index contributed by atoms with van der Waals surface area (Å²) in [5.41, 5.74) is 1.03. The Morgan fingerprint density at radius 1 is 1.18 bits per heavy atom. The van der Waals surface area contributed by atoms with Gasteiger partial charge in [0.25, 0.3) is 11.4 Å². The summed E-state index contributed by atoms with van der Waals surface area (Å²) < 4.78 is 12.3. The van der Waals surface area contributed by atoms with Gasteiger partial charge in [-0.3, -0.25) is 14.2 Å². The third-order valence-electron chi connectivity index (χ3n) is 3.94. The summed E-state index contributed by atoms with van der Waals surface area (Å²) in [6, 6.07) is 14.4. The Hall–Kier alpha value is -3.33. The fourth-order valence-electron chi connectivity index (χ4n) is 2.60. The number of esters is 1. The zero-order chi connectivity index (χ0) is 19.5. The highest BCUT2D eigenvalue weighted by molar-refractivity contribution is 9.10. The van der Waals surface area contributed by atoms with Crippen LogP contribution in [0.1, 0.15) is 5.89 Å². The van der Waals surface area contributed by atoms with Crippen molar-refractivity contribution < 1.29 is 14.1 Å². The van der Waals surface area contributed by atoms with Crippen molar-refractivity contribution in [2.24, 2.45) is 0 Å². The van der Waals surface area contributed by atoms with Gasteiger partial charge in [-0.2, -0.15) is 4.98 Å². The smallest absolute Gasteiger partial charge is 0.326 e. The molecule has 0 aliphatic rings. The van der Waals surface area contributed by atoms with Crippen molar-refractivity contribution in [2.75, 3.05) is 0 Å². The van der Waals surface area contributed by atoms with Gasteiger partial charge >= 0.3 is 5.97 Å². The van der Waals surface area contributed by atoms with Gasteiger partial charge in [-0.1, -0.05) is 45.4 Å². The van der Waals surface area contributed by atoms with Crippen LogP contribution in [0.5, 0.6) is 0 Å². The molecule has 0 unspecified atom stereocenters. The van der Waals surface area contributed by atoms with Crippen molar-refractivity contribution >= 4 is 32.8 Å². The van der Waals surface area contributed by atoms with Crippen molar-refractivity contribution in [3.8, 4) is 11.4 Å². The molecule has 140 valence electrons. The normalized spacial score (nSPS) is 10.9. The fourth-order valence-corrected chi connectivity index (χ4v) is 3.00. The van der Waals surface area contributed by atoms with Gasteiger partial charge in [0.15, 0.2) is 6.61 Å². The number of para-hydroxylation sites is 1. The molecule has 0 bridgehead atoms. The minimum Gasteiger partial charge on any atom is -0.454 e. The number of rotatable bonds is 5. The van der Waals surface area contributed by atoms with Crippen LogP contribution in [0.2, 0.25) is 0 Å². The van der Waals surface area contributed by atoms with Gasteiger partial charge in [0.1, 0.15) is 6.54 Å². The summed E-state index contributed by atoms with van der Waals surface area (Å²) in [5.74, 6) is -0.0593. The molecule has 8 nitrogen and oxygen atoms in total. The van der Waals surface area contributed by atoms with Crippen molar-refractivity contribution in [3.63, 3.8) is 0 Å². The molecular formula is C19H13BrN4O4. The van der Waals surface area contributed by atoms with E-state index in [4.69, 9.17) is 9.26 Å². The van der Waals surface area contributed by atoms with E-state index in [0.717, 1.165) is 10.0 Å². The van der Waals surface area contributed by atoms with E-state index in [1.54, 1.807) is 24.3 Å². The minimum absolute atomic E-state index is 0.160. The SMILES string of the molecule is O=C(Cn1cnc2ccccc2c1=O)OCc1nc(-c2cccc(Br)c2)no1. The number of hydrogen-bond acceptors (Lipinski definition) is 7. The van der Waals surface area contributed by atoms with Crippen molar-refractivity contribution in [1.82, 2.24) is 19.7 Å². The Balaban J connectivity index is 1.41. The number of carbonyl (C=O) groups excluding carboxylic acids is 1. The molecule has 0 N–H and O–H groups in total. The van der Waals surface area contributed by atoms with Gasteiger partial charge in [-0.15, -0.1) is 0 Å². The first-order chi connectivity index (χ1) is 13.6. The maximum Gasteiger partial charge on any atom is 0.326 e. The Kier molecular flexibility index (Phi) is 4.98. The maximum atomic E-state index is 12.4. The van der Waals surface area contributed by atoms with Crippen LogP contribution < -0.4 is 5.56 Å². The quantitative estimate of drug-likeness (QED) is 0.439. The number of nitrogens with zero attached hydrogens (tertiary/aromatic N) is 4. The lowest BCUT2D eigenvalue weighted by molar-refractivity contribution is -0.146. The molecule has 2 aromatic carbocycles. The molecule has 0 aliphatic heterocycles.